The Morgan fingerprint density at radius 2 is 1.80 bits per heavy atom. The Bertz CT molecular complexity index is 858. The number of carbonyl (C=O) groups is 1. The van der Waals surface area contributed by atoms with Gasteiger partial charge in [0.05, 0.1) is 37.7 Å². The van der Waals surface area contributed by atoms with Crippen LogP contribution in [0.4, 0.5) is 0 Å². The van der Waals surface area contributed by atoms with Gasteiger partial charge in [-0.25, -0.2) is 0 Å². The molecule has 1 aromatic heterocycles. The van der Waals surface area contributed by atoms with Crippen molar-refractivity contribution in [3.63, 3.8) is 0 Å². The Hall–Kier alpha value is -1.48. The molecule has 8 heteroatoms. The summed E-state index contributed by atoms with van der Waals surface area (Å²) in [5.74, 6) is 0.989. The molecule has 0 aromatic carbocycles. The fraction of sp³-hybridized carbons (Fsp3) is 0.852. The summed E-state index contributed by atoms with van der Waals surface area (Å²) in [4.78, 5) is 17.7. The van der Waals surface area contributed by atoms with E-state index in [1.165, 1.54) is 17.0 Å². The first-order valence-electron chi connectivity index (χ1n) is 13.4. The fourth-order valence-corrected chi connectivity index (χ4v) is 6.89. The third-order valence-electron chi connectivity index (χ3n) is 8.64. The van der Waals surface area contributed by atoms with E-state index in [2.05, 4.69) is 35.4 Å². The molecule has 198 valence electrons. The number of aromatic nitrogens is 2. The van der Waals surface area contributed by atoms with E-state index in [-0.39, 0.29) is 11.3 Å². The quantitative estimate of drug-likeness (QED) is 0.544. The summed E-state index contributed by atoms with van der Waals surface area (Å²) in [7, 11) is 5.70. The lowest BCUT2D eigenvalue weighted by Crippen LogP contribution is -2.47. The maximum Gasteiger partial charge on any atom is 0.226 e. The number of fused-ring (bicyclic) bond motifs is 1. The Morgan fingerprint density at radius 3 is 2.37 bits per heavy atom. The van der Waals surface area contributed by atoms with Crippen LogP contribution in [-0.2, 0) is 33.9 Å². The van der Waals surface area contributed by atoms with Gasteiger partial charge in [-0.15, -0.1) is 0 Å². The maximum absolute atomic E-state index is 13.3. The lowest BCUT2D eigenvalue weighted by atomic mass is 9.64. The topological polar surface area (TPSA) is 85.8 Å². The fourth-order valence-electron chi connectivity index (χ4n) is 6.89. The molecule has 0 saturated heterocycles. The molecule has 2 fully saturated rings. The van der Waals surface area contributed by atoms with Crippen LogP contribution in [-0.4, -0.2) is 79.6 Å². The smallest absolute Gasteiger partial charge is 0.226 e. The molecule has 1 amide bonds. The molecule has 0 atom stereocenters. The van der Waals surface area contributed by atoms with Crippen LogP contribution in [0.5, 0.6) is 0 Å². The zero-order chi connectivity index (χ0) is 25.2. The van der Waals surface area contributed by atoms with E-state index in [0.717, 1.165) is 77.9 Å². The monoisotopic (exact) mass is 489 g/mol. The van der Waals surface area contributed by atoms with Gasteiger partial charge >= 0.3 is 0 Å². The normalized spacial score (nSPS) is 22.3. The molecule has 2 heterocycles. The van der Waals surface area contributed by atoms with Crippen LogP contribution < -0.4 is 5.73 Å². The lowest BCUT2D eigenvalue weighted by molar-refractivity contribution is -0.144. The summed E-state index contributed by atoms with van der Waals surface area (Å²) in [6.45, 7) is 10.5. The number of methoxy groups -OCH3 is 2. The highest BCUT2D eigenvalue weighted by atomic mass is 16.5. The predicted molar refractivity (Wildman–Crippen MR) is 137 cm³/mol. The van der Waals surface area contributed by atoms with Crippen LogP contribution in [0.3, 0.4) is 0 Å². The molecule has 1 aromatic rings. The average molecular weight is 490 g/mol. The number of likely N-dealkylation sites (N-methyl/N-ethyl adjacent to an activating group) is 1. The van der Waals surface area contributed by atoms with Gasteiger partial charge < -0.3 is 20.1 Å². The lowest BCUT2D eigenvalue weighted by Gasteiger charge is -2.44. The van der Waals surface area contributed by atoms with E-state index in [1.807, 2.05) is 0 Å². The predicted octanol–water partition coefficient (Wildman–Crippen LogP) is 2.99. The standard InChI is InChI=1S/C27H47N5O3/c1-26(2)14-21(15-26)25(33)31-12-13-32-23(17-31)24(22(29-32)16-30(3)11-10-28)20-6-8-27(9-7-20,18-34-4)19-35-5/h20-21H,6-19,28H2,1-5H3. The van der Waals surface area contributed by atoms with E-state index in [1.54, 1.807) is 14.2 Å². The highest BCUT2D eigenvalue weighted by molar-refractivity contribution is 5.80. The van der Waals surface area contributed by atoms with Crippen molar-refractivity contribution in [3.05, 3.63) is 17.0 Å². The van der Waals surface area contributed by atoms with Gasteiger partial charge in [0.25, 0.3) is 0 Å². The Balaban J connectivity index is 1.56. The molecule has 3 aliphatic rings. The Labute approximate surface area is 211 Å². The van der Waals surface area contributed by atoms with Crippen LogP contribution in [0, 0.1) is 16.7 Å². The van der Waals surface area contributed by atoms with Crippen molar-refractivity contribution >= 4 is 5.91 Å². The number of hydrogen-bond donors (Lipinski definition) is 1. The summed E-state index contributed by atoms with van der Waals surface area (Å²) in [6.07, 6.45) is 6.39. The first-order chi connectivity index (χ1) is 16.7. The minimum atomic E-state index is 0.1000. The van der Waals surface area contributed by atoms with Gasteiger partial charge in [0.1, 0.15) is 0 Å². The summed E-state index contributed by atoms with van der Waals surface area (Å²) in [6, 6.07) is 0. The summed E-state index contributed by atoms with van der Waals surface area (Å²) in [5.41, 5.74) is 10.1. The molecule has 2 N–H and O–H groups in total. The van der Waals surface area contributed by atoms with E-state index in [4.69, 9.17) is 20.3 Å². The third-order valence-corrected chi connectivity index (χ3v) is 8.64. The summed E-state index contributed by atoms with van der Waals surface area (Å²) in [5, 5.41) is 5.10. The molecular formula is C27H47N5O3. The molecule has 0 radical (unpaired) electrons. The van der Waals surface area contributed by atoms with E-state index in [0.29, 0.717) is 30.3 Å². The summed E-state index contributed by atoms with van der Waals surface area (Å²) >= 11 is 0. The largest absolute Gasteiger partial charge is 0.384 e. The Morgan fingerprint density at radius 1 is 1.14 bits per heavy atom. The molecule has 0 spiro atoms. The van der Waals surface area contributed by atoms with Gasteiger partial charge in [0, 0.05) is 57.3 Å². The first-order valence-corrected chi connectivity index (χ1v) is 13.4. The molecule has 2 saturated carbocycles. The minimum Gasteiger partial charge on any atom is -0.384 e. The van der Waals surface area contributed by atoms with Crippen molar-refractivity contribution < 1.29 is 14.3 Å². The molecule has 8 nitrogen and oxygen atoms in total. The van der Waals surface area contributed by atoms with Crippen molar-refractivity contribution in [3.8, 4) is 0 Å². The van der Waals surface area contributed by atoms with Gasteiger partial charge in [-0.05, 0) is 56.9 Å². The number of ether oxygens (including phenoxy) is 2. The van der Waals surface area contributed by atoms with Gasteiger partial charge in [0.2, 0.25) is 5.91 Å². The van der Waals surface area contributed by atoms with Crippen LogP contribution in [0.2, 0.25) is 0 Å². The second kappa shape index (κ2) is 10.9. The van der Waals surface area contributed by atoms with E-state index >= 15 is 0 Å². The van der Waals surface area contributed by atoms with Gasteiger partial charge in [0.15, 0.2) is 0 Å². The maximum atomic E-state index is 13.3. The van der Waals surface area contributed by atoms with Crippen molar-refractivity contribution in [1.29, 1.82) is 0 Å². The highest BCUT2D eigenvalue weighted by Crippen LogP contribution is 2.47. The SMILES string of the molecule is COCC1(COC)CCC(c2c(CN(C)CCN)nn3c2CN(C(=O)C2CC(C)(C)C2)CC3)CC1. The minimum absolute atomic E-state index is 0.1000. The zero-order valence-corrected chi connectivity index (χ0v) is 22.6. The average Bonchev–Trinajstić information content (AvgIpc) is 3.15. The number of amides is 1. The van der Waals surface area contributed by atoms with Crippen LogP contribution >= 0.6 is 0 Å². The number of nitrogens with zero attached hydrogens (tertiary/aromatic N) is 4. The van der Waals surface area contributed by atoms with Crippen molar-refractivity contribution in [2.24, 2.45) is 22.5 Å². The van der Waals surface area contributed by atoms with Crippen LogP contribution in [0.25, 0.3) is 0 Å². The molecule has 1 aliphatic heterocycles. The van der Waals surface area contributed by atoms with Gasteiger partial charge in [-0.1, -0.05) is 13.8 Å². The highest BCUT2D eigenvalue weighted by Gasteiger charge is 2.43. The Kier molecular flexibility index (Phi) is 8.25. The van der Waals surface area contributed by atoms with Crippen molar-refractivity contribution in [2.45, 2.75) is 77.9 Å². The molecule has 35 heavy (non-hydrogen) atoms. The zero-order valence-electron chi connectivity index (χ0n) is 22.6. The number of carbonyl (C=O) groups excluding carboxylic acids is 1. The number of nitrogens with two attached hydrogens (primary N) is 1. The second-order valence-corrected chi connectivity index (χ2v) is 12.2. The second-order valence-electron chi connectivity index (χ2n) is 12.2. The third kappa shape index (κ3) is 5.76. The number of hydrogen-bond acceptors (Lipinski definition) is 6. The molecule has 0 bridgehead atoms. The van der Waals surface area contributed by atoms with Crippen LogP contribution in [0.1, 0.15) is 75.2 Å². The van der Waals surface area contributed by atoms with Crippen molar-refractivity contribution in [1.82, 2.24) is 19.6 Å². The first kappa shape index (κ1) is 26.6. The summed E-state index contributed by atoms with van der Waals surface area (Å²) < 4.78 is 13.4. The van der Waals surface area contributed by atoms with E-state index < -0.39 is 0 Å². The molecule has 0 unspecified atom stereocenters. The molecule has 2 aliphatic carbocycles. The van der Waals surface area contributed by atoms with E-state index in [9.17, 15) is 4.79 Å². The molecule has 4 rings (SSSR count). The van der Waals surface area contributed by atoms with Crippen LogP contribution in [0.15, 0.2) is 0 Å². The van der Waals surface area contributed by atoms with Crippen molar-refractivity contribution in [2.75, 3.05) is 54.1 Å². The van der Waals surface area contributed by atoms with Gasteiger partial charge in [-0.3, -0.25) is 14.4 Å². The molecular weight excluding hydrogens is 442 g/mol. The van der Waals surface area contributed by atoms with Gasteiger partial charge in [-0.2, -0.15) is 5.10 Å². The number of rotatable bonds is 10.